The first-order valence-corrected chi connectivity index (χ1v) is 8.52. The average Bonchev–Trinajstić information content (AvgIpc) is 3.05. The molecule has 0 spiro atoms. The Morgan fingerprint density at radius 3 is 2.81 bits per heavy atom. The monoisotopic (exact) mass is 416 g/mol. The van der Waals surface area contributed by atoms with Gasteiger partial charge in [-0.3, -0.25) is 10.1 Å². The maximum atomic E-state index is 10.9. The van der Waals surface area contributed by atoms with Gasteiger partial charge in [0.15, 0.2) is 11.7 Å². The molecule has 1 aliphatic heterocycles. The number of non-ortho nitro benzene ring substituents is 1. The second-order valence-corrected chi connectivity index (χ2v) is 7.34. The van der Waals surface area contributed by atoms with Crippen LogP contribution in [-0.4, -0.2) is 40.5 Å². The fraction of sp³-hybridized carbons (Fsp3) is 0.500. The number of piperidine rings is 1. The summed E-state index contributed by atoms with van der Waals surface area (Å²) in [5, 5.41) is 10.9. The van der Waals surface area contributed by atoms with Crippen LogP contribution in [0, 0.1) is 15.5 Å². The number of hydrogen-bond donors (Lipinski definition) is 1. The fourth-order valence-electron chi connectivity index (χ4n) is 3.26. The molecule has 150 valence electrons. The lowest BCUT2D eigenvalue weighted by Crippen LogP contribution is -2.52. The SMILES string of the molecule is CC1(C)CN(CCc2ncc(-c3cccc([N+](=O)[O-])c3)o2)CCC1N.Cl.Cl. The van der Waals surface area contributed by atoms with E-state index in [1.807, 2.05) is 0 Å². The number of aromatic nitrogens is 1. The smallest absolute Gasteiger partial charge is 0.270 e. The summed E-state index contributed by atoms with van der Waals surface area (Å²) in [6.45, 7) is 7.23. The molecule has 9 heteroatoms. The van der Waals surface area contributed by atoms with Gasteiger partial charge in [-0.2, -0.15) is 0 Å². The Labute approximate surface area is 171 Å². The normalized spacial score (nSPS) is 19.0. The van der Waals surface area contributed by atoms with Gasteiger partial charge in [-0.25, -0.2) is 4.98 Å². The summed E-state index contributed by atoms with van der Waals surface area (Å²) >= 11 is 0. The molecule has 0 bridgehead atoms. The van der Waals surface area contributed by atoms with Crippen LogP contribution in [0.4, 0.5) is 5.69 Å². The summed E-state index contributed by atoms with van der Waals surface area (Å²) in [7, 11) is 0. The van der Waals surface area contributed by atoms with Crippen LogP contribution in [0.25, 0.3) is 11.3 Å². The molecular formula is C18H26Cl2N4O3. The molecule has 1 saturated heterocycles. The third kappa shape index (κ3) is 5.65. The highest BCUT2D eigenvalue weighted by Gasteiger charge is 2.33. The first-order chi connectivity index (χ1) is 11.8. The molecule has 0 aliphatic carbocycles. The number of nitrogens with two attached hydrogens (primary N) is 1. The minimum absolute atomic E-state index is 0. The molecule has 2 heterocycles. The van der Waals surface area contributed by atoms with Gasteiger partial charge >= 0.3 is 0 Å². The van der Waals surface area contributed by atoms with E-state index >= 15 is 0 Å². The van der Waals surface area contributed by atoms with Gasteiger partial charge in [-0.1, -0.05) is 26.0 Å². The van der Waals surface area contributed by atoms with E-state index in [9.17, 15) is 10.1 Å². The summed E-state index contributed by atoms with van der Waals surface area (Å²) in [4.78, 5) is 17.2. The van der Waals surface area contributed by atoms with E-state index in [0.29, 0.717) is 23.6 Å². The highest BCUT2D eigenvalue weighted by molar-refractivity contribution is 5.85. The van der Waals surface area contributed by atoms with E-state index in [0.717, 1.165) is 26.1 Å². The van der Waals surface area contributed by atoms with Crippen LogP contribution < -0.4 is 5.73 Å². The third-order valence-electron chi connectivity index (χ3n) is 4.93. The molecule has 2 aromatic rings. The summed E-state index contributed by atoms with van der Waals surface area (Å²) < 4.78 is 5.78. The van der Waals surface area contributed by atoms with Crippen molar-refractivity contribution in [3.63, 3.8) is 0 Å². The predicted octanol–water partition coefficient (Wildman–Crippen LogP) is 3.70. The van der Waals surface area contributed by atoms with Crippen molar-refractivity contribution >= 4 is 30.5 Å². The van der Waals surface area contributed by atoms with Crippen LogP contribution >= 0.6 is 24.8 Å². The number of oxazole rings is 1. The van der Waals surface area contributed by atoms with Gasteiger partial charge in [-0.15, -0.1) is 24.8 Å². The van der Waals surface area contributed by atoms with Crippen molar-refractivity contribution in [3.05, 3.63) is 46.5 Å². The number of likely N-dealkylation sites (tertiary alicyclic amines) is 1. The van der Waals surface area contributed by atoms with Gasteiger partial charge in [0.2, 0.25) is 0 Å². The molecule has 1 atom stereocenters. The van der Waals surface area contributed by atoms with E-state index in [1.54, 1.807) is 18.3 Å². The van der Waals surface area contributed by atoms with Crippen molar-refractivity contribution in [1.29, 1.82) is 0 Å². The van der Waals surface area contributed by atoms with Crippen LogP contribution in [0.3, 0.4) is 0 Å². The molecule has 0 saturated carbocycles. The Kier molecular flexibility index (Phi) is 8.23. The van der Waals surface area contributed by atoms with Gasteiger partial charge in [0.05, 0.1) is 11.1 Å². The number of hydrogen-bond acceptors (Lipinski definition) is 6. The molecule has 1 fully saturated rings. The Morgan fingerprint density at radius 2 is 2.15 bits per heavy atom. The van der Waals surface area contributed by atoms with Crippen molar-refractivity contribution in [2.45, 2.75) is 32.7 Å². The molecule has 0 amide bonds. The zero-order valence-electron chi connectivity index (χ0n) is 15.5. The minimum Gasteiger partial charge on any atom is -0.441 e. The van der Waals surface area contributed by atoms with Crippen LogP contribution in [0.15, 0.2) is 34.9 Å². The maximum absolute atomic E-state index is 10.9. The Hall–Kier alpha value is -1.67. The standard InChI is InChI=1S/C18H24N4O3.2ClH/c1-18(2)12-21(8-6-16(18)19)9-7-17-20-11-15(25-17)13-4-3-5-14(10-13)22(23)24;;/h3-5,10-11,16H,6-9,12,19H2,1-2H3;2*1H. The molecule has 1 aromatic heterocycles. The van der Waals surface area contributed by atoms with Gasteiger partial charge in [0.1, 0.15) is 0 Å². The molecule has 1 aliphatic rings. The quantitative estimate of drug-likeness (QED) is 0.589. The van der Waals surface area contributed by atoms with Crippen molar-refractivity contribution in [1.82, 2.24) is 9.88 Å². The van der Waals surface area contributed by atoms with Crippen LogP contribution in [-0.2, 0) is 6.42 Å². The minimum atomic E-state index is -0.413. The van der Waals surface area contributed by atoms with Crippen molar-refractivity contribution in [2.75, 3.05) is 19.6 Å². The summed E-state index contributed by atoms with van der Waals surface area (Å²) in [5.41, 5.74) is 7.00. The van der Waals surface area contributed by atoms with Crippen LogP contribution in [0.5, 0.6) is 0 Å². The Bertz CT molecular complexity index is 767. The number of halogens is 2. The summed E-state index contributed by atoms with van der Waals surface area (Å²) in [5.74, 6) is 1.20. The van der Waals surface area contributed by atoms with E-state index in [4.69, 9.17) is 10.2 Å². The predicted molar refractivity (Wildman–Crippen MR) is 110 cm³/mol. The largest absolute Gasteiger partial charge is 0.441 e. The number of nitro benzene ring substituents is 1. The van der Waals surface area contributed by atoms with Crippen LogP contribution in [0.1, 0.15) is 26.2 Å². The lowest BCUT2D eigenvalue weighted by Gasteiger charge is -2.42. The average molecular weight is 417 g/mol. The molecule has 3 rings (SSSR count). The molecule has 1 aromatic carbocycles. The Balaban J connectivity index is 0.00000182. The first-order valence-electron chi connectivity index (χ1n) is 8.52. The van der Waals surface area contributed by atoms with Crippen molar-refractivity contribution in [3.8, 4) is 11.3 Å². The second kappa shape index (κ2) is 9.50. The van der Waals surface area contributed by atoms with Crippen LogP contribution in [0.2, 0.25) is 0 Å². The zero-order valence-corrected chi connectivity index (χ0v) is 17.1. The lowest BCUT2D eigenvalue weighted by atomic mass is 9.80. The number of rotatable bonds is 5. The number of nitrogens with zero attached hydrogens (tertiary/aromatic N) is 3. The third-order valence-corrected chi connectivity index (χ3v) is 4.93. The van der Waals surface area contributed by atoms with Crippen molar-refractivity contribution < 1.29 is 9.34 Å². The molecule has 7 nitrogen and oxygen atoms in total. The second-order valence-electron chi connectivity index (χ2n) is 7.34. The van der Waals surface area contributed by atoms with E-state index < -0.39 is 4.92 Å². The summed E-state index contributed by atoms with van der Waals surface area (Å²) in [6, 6.07) is 6.63. The number of nitro groups is 1. The topological polar surface area (TPSA) is 98.4 Å². The van der Waals surface area contributed by atoms with Gasteiger partial charge in [0, 0.05) is 43.2 Å². The van der Waals surface area contributed by atoms with Gasteiger partial charge < -0.3 is 15.1 Å². The van der Waals surface area contributed by atoms with E-state index in [-0.39, 0.29) is 42.0 Å². The first kappa shape index (κ1) is 23.4. The summed E-state index contributed by atoms with van der Waals surface area (Å²) in [6.07, 6.45) is 3.34. The fourth-order valence-corrected chi connectivity index (χ4v) is 3.26. The lowest BCUT2D eigenvalue weighted by molar-refractivity contribution is -0.384. The molecule has 1 unspecified atom stereocenters. The molecule has 27 heavy (non-hydrogen) atoms. The highest BCUT2D eigenvalue weighted by Crippen LogP contribution is 2.28. The van der Waals surface area contributed by atoms with Crippen molar-refractivity contribution in [2.24, 2.45) is 11.1 Å². The zero-order chi connectivity index (χ0) is 18.0. The molecular weight excluding hydrogens is 391 g/mol. The van der Waals surface area contributed by atoms with E-state index in [2.05, 4.69) is 23.7 Å². The Morgan fingerprint density at radius 1 is 1.41 bits per heavy atom. The maximum Gasteiger partial charge on any atom is 0.270 e. The van der Waals surface area contributed by atoms with Gasteiger partial charge in [0.25, 0.3) is 5.69 Å². The molecule has 2 N–H and O–H groups in total. The highest BCUT2D eigenvalue weighted by atomic mass is 35.5. The molecule has 0 radical (unpaired) electrons. The number of benzene rings is 1. The van der Waals surface area contributed by atoms with Gasteiger partial charge in [-0.05, 0) is 18.4 Å². The van der Waals surface area contributed by atoms with E-state index in [1.165, 1.54) is 12.1 Å².